The predicted molar refractivity (Wildman–Crippen MR) is 87.8 cm³/mol. The van der Waals surface area contributed by atoms with E-state index in [1.165, 1.54) is 29.3 Å². The lowest BCUT2D eigenvalue weighted by atomic mass is 10.1. The fraction of sp³-hybridized carbons (Fsp3) is 0.556. The van der Waals surface area contributed by atoms with Crippen LogP contribution in [0.15, 0.2) is 30.5 Å². The van der Waals surface area contributed by atoms with Gasteiger partial charge in [0.25, 0.3) is 0 Å². The smallest absolute Gasteiger partial charge is 0.0758 e. The van der Waals surface area contributed by atoms with Gasteiger partial charge in [0.1, 0.15) is 0 Å². The van der Waals surface area contributed by atoms with Crippen molar-refractivity contribution in [3.63, 3.8) is 0 Å². The standard InChI is InChI=1S/C18H26N2O/c1-3-19-11-10-15-12-20(13-16-9-8-14(2)21-16)18-7-5-4-6-17(15)18/h4-7,12,14,16,19H,3,8-11,13H2,1-2H3. The Labute approximate surface area is 127 Å². The Morgan fingerprint density at radius 3 is 2.90 bits per heavy atom. The summed E-state index contributed by atoms with van der Waals surface area (Å²) < 4.78 is 8.38. The average Bonchev–Trinajstić information content (AvgIpc) is 3.05. The summed E-state index contributed by atoms with van der Waals surface area (Å²) in [6.45, 7) is 7.39. The maximum absolute atomic E-state index is 5.99. The molecule has 114 valence electrons. The zero-order valence-corrected chi connectivity index (χ0v) is 13.1. The van der Waals surface area contributed by atoms with E-state index in [0.717, 1.165) is 26.1 Å². The number of likely N-dealkylation sites (N-methyl/N-ethyl adjacent to an activating group) is 1. The van der Waals surface area contributed by atoms with E-state index >= 15 is 0 Å². The molecule has 2 unspecified atom stereocenters. The Bertz CT molecular complexity index is 590. The van der Waals surface area contributed by atoms with E-state index in [2.05, 4.69) is 54.2 Å². The minimum Gasteiger partial charge on any atom is -0.373 e. The average molecular weight is 286 g/mol. The monoisotopic (exact) mass is 286 g/mol. The lowest BCUT2D eigenvalue weighted by molar-refractivity contribution is 0.0465. The number of hydrogen-bond donors (Lipinski definition) is 1. The predicted octanol–water partition coefficient (Wildman–Crippen LogP) is 3.36. The number of benzene rings is 1. The summed E-state index contributed by atoms with van der Waals surface area (Å²) in [5.74, 6) is 0. The van der Waals surface area contributed by atoms with Crippen molar-refractivity contribution in [2.75, 3.05) is 13.1 Å². The van der Waals surface area contributed by atoms with Crippen molar-refractivity contribution >= 4 is 10.9 Å². The van der Waals surface area contributed by atoms with Gasteiger partial charge < -0.3 is 14.6 Å². The van der Waals surface area contributed by atoms with Gasteiger partial charge in [-0.2, -0.15) is 0 Å². The molecule has 1 aliphatic heterocycles. The molecule has 0 radical (unpaired) electrons. The molecule has 1 saturated heterocycles. The highest BCUT2D eigenvalue weighted by Crippen LogP contribution is 2.25. The largest absolute Gasteiger partial charge is 0.373 e. The van der Waals surface area contributed by atoms with Crippen LogP contribution in [0.1, 0.15) is 32.3 Å². The molecule has 2 heterocycles. The molecular weight excluding hydrogens is 260 g/mol. The summed E-state index contributed by atoms with van der Waals surface area (Å²) in [7, 11) is 0. The Kier molecular flexibility index (Phi) is 4.61. The Hall–Kier alpha value is -1.32. The normalized spacial score (nSPS) is 22.2. The molecule has 1 N–H and O–H groups in total. The molecule has 3 nitrogen and oxygen atoms in total. The van der Waals surface area contributed by atoms with Crippen LogP contribution in [0.3, 0.4) is 0 Å². The van der Waals surface area contributed by atoms with Crippen LogP contribution >= 0.6 is 0 Å². The van der Waals surface area contributed by atoms with Crippen LogP contribution in [0.2, 0.25) is 0 Å². The molecular formula is C18H26N2O. The Morgan fingerprint density at radius 2 is 2.14 bits per heavy atom. The van der Waals surface area contributed by atoms with Crippen LogP contribution in [0.5, 0.6) is 0 Å². The van der Waals surface area contributed by atoms with Gasteiger partial charge in [-0.3, -0.25) is 0 Å². The number of hydrogen-bond acceptors (Lipinski definition) is 2. The molecule has 0 spiro atoms. The summed E-state index contributed by atoms with van der Waals surface area (Å²) in [4.78, 5) is 0. The lowest BCUT2D eigenvalue weighted by Gasteiger charge is -2.13. The molecule has 0 saturated carbocycles. The molecule has 3 heteroatoms. The van der Waals surface area contributed by atoms with Crippen LogP contribution in [0.25, 0.3) is 10.9 Å². The van der Waals surface area contributed by atoms with Crippen LogP contribution in [0, 0.1) is 0 Å². The van der Waals surface area contributed by atoms with Gasteiger partial charge in [-0.1, -0.05) is 25.1 Å². The molecule has 0 aliphatic carbocycles. The van der Waals surface area contributed by atoms with E-state index in [1.54, 1.807) is 0 Å². The van der Waals surface area contributed by atoms with Gasteiger partial charge in [0.05, 0.1) is 12.2 Å². The molecule has 3 rings (SSSR count). The van der Waals surface area contributed by atoms with Crippen molar-refractivity contribution in [1.29, 1.82) is 0 Å². The highest BCUT2D eigenvalue weighted by atomic mass is 16.5. The third kappa shape index (κ3) is 3.30. The molecule has 0 amide bonds. The van der Waals surface area contributed by atoms with E-state index in [-0.39, 0.29) is 0 Å². The minimum absolute atomic E-state index is 0.373. The molecule has 1 aromatic heterocycles. The number of aromatic nitrogens is 1. The number of fused-ring (bicyclic) bond motifs is 1. The second kappa shape index (κ2) is 6.63. The molecule has 1 aromatic carbocycles. The fourth-order valence-electron chi connectivity index (χ4n) is 3.31. The van der Waals surface area contributed by atoms with Gasteiger partial charge in [-0.25, -0.2) is 0 Å². The highest BCUT2D eigenvalue weighted by molar-refractivity contribution is 5.84. The zero-order valence-electron chi connectivity index (χ0n) is 13.1. The van der Waals surface area contributed by atoms with Crippen LogP contribution in [-0.4, -0.2) is 29.9 Å². The third-order valence-electron chi connectivity index (χ3n) is 4.41. The van der Waals surface area contributed by atoms with E-state index in [4.69, 9.17) is 4.74 Å². The summed E-state index contributed by atoms with van der Waals surface area (Å²) in [6, 6.07) is 8.73. The lowest BCUT2D eigenvalue weighted by Crippen LogP contribution is -2.16. The first-order valence-corrected chi connectivity index (χ1v) is 8.21. The highest BCUT2D eigenvalue weighted by Gasteiger charge is 2.22. The molecule has 21 heavy (non-hydrogen) atoms. The number of ether oxygens (including phenoxy) is 1. The Balaban J connectivity index is 1.81. The fourth-order valence-corrected chi connectivity index (χ4v) is 3.31. The second-order valence-electron chi connectivity index (χ2n) is 6.07. The number of nitrogens with one attached hydrogen (secondary N) is 1. The minimum atomic E-state index is 0.373. The summed E-state index contributed by atoms with van der Waals surface area (Å²) in [5.41, 5.74) is 2.78. The van der Waals surface area contributed by atoms with E-state index in [9.17, 15) is 0 Å². The van der Waals surface area contributed by atoms with Crippen molar-refractivity contribution < 1.29 is 4.74 Å². The molecule has 1 aliphatic rings. The van der Waals surface area contributed by atoms with Crippen molar-refractivity contribution in [2.45, 2.75) is 51.9 Å². The maximum Gasteiger partial charge on any atom is 0.0758 e. The number of nitrogens with zero attached hydrogens (tertiary/aromatic N) is 1. The zero-order chi connectivity index (χ0) is 14.7. The van der Waals surface area contributed by atoms with E-state index in [0.29, 0.717) is 12.2 Å². The third-order valence-corrected chi connectivity index (χ3v) is 4.41. The van der Waals surface area contributed by atoms with Crippen LogP contribution in [-0.2, 0) is 17.7 Å². The van der Waals surface area contributed by atoms with E-state index in [1.807, 2.05) is 0 Å². The van der Waals surface area contributed by atoms with Gasteiger partial charge in [0.15, 0.2) is 0 Å². The van der Waals surface area contributed by atoms with Gasteiger partial charge in [-0.15, -0.1) is 0 Å². The molecule has 0 bridgehead atoms. The van der Waals surface area contributed by atoms with Gasteiger partial charge in [-0.05, 0) is 50.9 Å². The van der Waals surface area contributed by atoms with Crippen LogP contribution < -0.4 is 5.32 Å². The number of rotatable bonds is 6. The molecule has 2 atom stereocenters. The van der Waals surface area contributed by atoms with Crippen molar-refractivity contribution in [3.8, 4) is 0 Å². The topological polar surface area (TPSA) is 26.2 Å². The van der Waals surface area contributed by atoms with E-state index < -0.39 is 0 Å². The van der Waals surface area contributed by atoms with Crippen molar-refractivity contribution in [1.82, 2.24) is 9.88 Å². The van der Waals surface area contributed by atoms with Gasteiger partial charge in [0, 0.05) is 23.6 Å². The summed E-state index contributed by atoms with van der Waals surface area (Å²) in [6.07, 6.45) is 6.58. The maximum atomic E-state index is 5.99. The van der Waals surface area contributed by atoms with Crippen molar-refractivity contribution in [3.05, 3.63) is 36.0 Å². The van der Waals surface area contributed by atoms with Gasteiger partial charge >= 0.3 is 0 Å². The molecule has 2 aromatic rings. The first-order chi connectivity index (χ1) is 10.3. The SMILES string of the molecule is CCNCCc1cn(CC2CCC(C)O2)c2ccccc12. The molecule has 1 fully saturated rings. The second-order valence-corrected chi connectivity index (χ2v) is 6.07. The first kappa shape index (κ1) is 14.6. The Morgan fingerprint density at radius 1 is 1.29 bits per heavy atom. The van der Waals surface area contributed by atoms with Crippen LogP contribution in [0.4, 0.5) is 0 Å². The van der Waals surface area contributed by atoms with Gasteiger partial charge in [0.2, 0.25) is 0 Å². The quantitative estimate of drug-likeness (QED) is 0.824. The summed E-state index contributed by atoms with van der Waals surface area (Å²) >= 11 is 0. The van der Waals surface area contributed by atoms with Crippen molar-refractivity contribution in [2.24, 2.45) is 0 Å². The first-order valence-electron chi connectivity index (χ1n) is 8.21. The number of para-hydroxylation sites is 1. The summed E-state index contributed by atoms with van der Waals surface area (Å²) in [5, 5.41) is 4.81.